The molecule has 1 atom stereocenters. The predicted octanol–water partition coefficient (Wildman–Crippen LogP) is 2.34. The quantitative estimate of drug-likeness (QED) is 0.911. The van der Waals surface area contributed by atoms with Gasteiger partial charge in [-0.2, -0.15) is 0 Å². The number of aromatic nitrogens is 2. The number of nitrogens with one attached hydrogen (secondary N) is 1. The molecule has 1 amide bonds. The minimum Gasteiger partial charge on any atom is -0.368 e. The zero-order valence-electron chi connectivity index (χ0n) is 11.0. The number of amides is 1. The van der Waals surface area contributed by atoms with E-state index in [9.17, 15) is 4.79 Å². The minimum atomic E-state index is -0.323. The molecule has 0 bridgehead atoms. The van der Waals surface area contributed by atoms with E-state index in [0.29, 0.717) is 11.7 Å². The van der Waals surface area contributed by atoms with Gasteiger partial charge in [0.15, 0.2) is 0 Å². The fourth-order valence-corrected chi connectivity index (χ4v) is 2.59. The van der Waals surface area contributed by atoms with Gasteiger partial charge in [-0.3, -0.25) is 10.1 Å². The van der Waals surface area contributed by atoms with Crippen LogP contribution in [0.4, 0.5) is 5.13 Å². The fourth-order valence-electron chi connectivity index (χ4n) is 1.67. The van der Waals surface area contributed by atoms with Gasteiger partial charge in [-0.05, 0) is 19.3 Å². The predicted molar refractivity (Wildman–Crippen MR) is 70.8 cm³/mol. The summed E-state index contributed by atoms with van der Waals surface area (Å²) in [6, 6.07) is 0. The molecule has 100 valence electrons. The Bertz CT molecular complexity index is 425. The maximum Gasteiger partial charge on any atom is 0.255 e. The summed E-state index contributed by atoms with van der Waals surface area (Å²) in [6.07, 6.45) is 2.40. The summed E-state index contributed by atoms with van der Waals surface area (Å²) in [5, 5.41) is 12.5. The number of anilines is 1. The van der Waals surface area contributed by atoms with Gasteiger partial charge in [-0.15, -0.1) is 10.2 Å². The third-order valence-electron chi connectivity index (χ3n) is 3.34. The summed E-state index contributed by atoms with van der Waals surface area (Å²) >= 11 is 1.44. The Morgan fingerprint density at radius 1 is 1.56 bits per heavy atom. The van der Waals surface area contributed by atoms with Crippen molar-refractivity contribution < 1.29 is 9.53 Å². The van der Waals surface area contributed by atoms with Gasteiger partial charge < -0.3 is 4.74 Å². The van der Waals surface area contributed by atoms with Crippen LogP contribution in [0.1, 0.15) is 45.0 Å². The van der Waals surface area contributed by atoms with E-state index in [2.05, 4.69) is 36.3 Å². The number of hydrogen-bond donors (Lipinski definition) is 1. The van der Waals surface area contributed by atoms with Gasteiger partial charge in [-0.1, -0.05) is 32.1 Å². The first kappa shape index (κ1) is 13.4. The average molecular weight is 269 g/mol. The van der Waals surface area contributed by atoms with E-state index in [0.717, 1.165) is 24.3 Å². The van der Waals surface area contributed by atoms with E-state index >= 15 is 0 Å². The van der Waals surface area contributed by atoms with Crippen molar-refractivity contribution in [3.8, 4) is 0 Å². The molecule has 5 nitrogen and oxygen atoms in total. The van der Waals surface area contributed by atoms with Gasteiger partial charge in [0.25, 0.3) is 5.91 Å². The van der Waals surface area contributed by atoms with Crippen LogP contribution in [0.25, 0.3) is 0 Å². The van der Waals surface area contributed by atoms with E-state index in [1.54, 1.807) is 0 Å². The molecule has 2 heterocycles. The fraction of sp³-hybridized carbons (Fsp3) is 0.750. The van der Waals surface area contributed by atoms with Crippen LogP contribution in [0.15, 0.2) is 0 Å². The zero-order valence-corrected chi connectivity index (χ0v) is 11.8. The van der Waals surface area contributed by atoms with E-state index in [1.165, 1.54) is 11.3 Å². The topological polar surface area (TPSA) is 64.1 Å². The molecule has 0 saturated carbocycles. The molecule has 1 aliphatic heterocycles. The molecule has 1 N–H and O–H groups in total. The molecule has 1 aromatic rings. The Kier molecular flexibility index (Phi) is 3.97. The standard InChI is InChI=1S/C12H19N3O2S/c1-4-12(2,3)10-14-15-11(18-10)13-9(16)8-6-5-7-17-8/h8H,4-7H2,1-3H3,(H,13,15,16)/t8-/m0/s1. The van der Waals surface area contributed by atoms with Crippen molar-refractivity contribution >= 4 is 22.4 Å². The van der Waals surface area contributed by atoms with Crippen molar-refractivity contribution in [1.82, 2.24) is 10.2 Å². The van der Waals surface area contributed by atoms with E-state index < -0.39 is 0 Å². The van der Waals surface area contributed by atoms with Crippen molar-refractivity contribution in [3.05, 3.63) is 5.01 Å². The molecule has 1 aliphatic rings. The van der Waals surface area contributed by atoms with Crippen LogP contribution in [0, 0.1) is 0 Å². The number of rotatable bonds is 4. The Balaban J connectivity index is 2.00. The number of nitrogens with zero attached hydrogens (tertiary/aromatic N) is 2. The summed E-state index contributed by atoms with van der Waals surface area (Å²) in [5.74, 6) is -0.107. The van der Waals surface area contributed by atoms with Gasteiger partial charge >= 0.3 is 0 Å². The summed E-state index contributed by atoms with van der Waals surface area (Å²) in [7, 11) is 0. The normalized spacial score (nSPS) is 20.1. The highest BCUT2D eigenvalue weighted by Crippen LogP contribution is 2.31. The lowest BCUT2D eigenvalue weighted by molar-refractivity contribution is -0.124. The van der Waals surface area contributed by atoms with Crippen LogP contribution >= 0.6 is 11.3 Å². The second-order valence-electron chi connectivity index (χ2n) is 5.14. The van der Waals surface area contributed by atoms with Crippen LogP contribution in [0.3, 0.4) is 0 Å². The Morgan fingerprint density at radius 3 is 2.94 bits per heavy atom. The molecule has 0 unspecified atom stereocenters. The molecule has 1 fully saturated rings. The molecule has 0 radical (unpaired) electrons. The smallest absolute Gasteiger partial charge is 0.255 e. The number of hydrogen-bond acceptors (Lipinski definition) is 5. The lowest BCUT2D eigenvalue weighted by Gasteiger charge is -2.17. The average Bonchev–Trinajstić information content (AvgIpc) is 2.99. The van der Waals surface area contributed by atoms with Gasteiger partial charge in [0.1, 0.15) is 11.1 Å². The monoisotopic (exact) mass is 269 g/mol. The lowest BCUT2D eigenvalue weighted by atomic mass is 9.91. The van der Waals surface area contributed by atoms with Gasteiger partial charge in [0.05, 0.1) is 0 Å². The van der Waals surface area contributed by atoms with Crippen molar-refractivity contribution in [1.29, 1.82) is 0 Å². The maximum atomic E-state index is 11.8. The number of carbonyl (C=O) groups is 1. The second kappa shape index (κ2) is 5.32. The SMILES string of the molecule is CCC(C)(C)c1nnc(NC(=O)[C@@H]2CCCO2)s1. The first-order chi connectivity index (χ1) is 8.53. The maximum absolute atomic E-state index is 11.8. The van der Waals surface area contributed by atoms with E-state index in [-0.39, 0.29) is 17.4 Å². The molecule has 0 aromatic carbocycles. The molecular weight excluding hydrogens is 250 g/mol. The number of ether oxygens (including phenoxy) is 1. The van der Waals surface area contributed by atoms with Crippen molar-refractivity contribution in [3.63, 3.8) is 0 Å². The van der Waals surface area contributed by atoms with Crippen molar-refractivity contribution in [2.24, 2.45) is 0 Å². The highest BCUT2D eigenvalue weighted by Gasteiger charge is 2.26. The van der Waals surface area contributed by atoms with Crippen molar-refractivity contribution in [2.45, 2.75) is 51.6 Å². The minimum absolute atomic E-state index is 0.00447. The van der Waals surface area contributed by atoms with Gasteiger partial charge in [-0.25, -0.2) is 0 Å². The molecule has 6 heteroatoms. The molecular formula is C12H19N3O2S. The molecule has 2 rings (SSSR count). The molecule has 1 aromatic heterocycles. The molecule has 1 saturated heterocycles. The highest BCUT2D eigenvalue weighted by molar-refractivity contribution is 7.15. The van der Waals surface area contributed by atoms with Crippen LogP contribution in [0.2, 0.25) is 0 Å². The Hall–Kier alpha value is -1.01. The number of carbonyl (C=O) groups excluding carboxylic acids is 1. The molecule has 0 aliphatic carbocycles. The van der Waals surface area contributed by atoms with Crippen LogP contribution < -0.4 is 5.32 Å². The summed E-state index contributed by atoms with van der Waals surface area (Å²) in [4.78, 5) is 11.8. The summed E-state index contributed by atoms with van der Waals surface area (Å²) in [5.41, 5.74) is 0.00447. The Labute approximate surface area is 111 Å². The van der Waals surface area contributed by atoms with Crippen LogP contribution in [-0.2, 0) is 14.9 Å². The van der Waals surface area contributed by atoms with E-state index in [1.807, 2.05) is 0 Å². The van der Waals surface area contributed by atoms with E-state index in [4.69, 9.17) is 4.74 Å². The summed E-state index contributed by atoms with van der Waals surface area (Å²) in [6.45, 7) is 7.03. The third kappa shape index (κ3) is 2.87. The first-order valence-electron chi connectivity index (χ1n) is 6.29. The molecule has 0 spiro atoms. The van der Waals surface area contributed by atoms with Crippen molar-refractivity contribution in [2.75, 3.05) is 11.9 Å². The van der Waals surface area contributed by atoms with Crippen LogP contribution in [0.5, 0.6) is 0 Å². The highest BCUT2D eigenvalue weighted by atomic mass is 32.1. The zero-order chi connectivity index (χ0) is 13.2. The third-order valence-corrected chi connectivity index (χ3v) is 4.54. The Morgan fingerprint density at radius 2 is 2.33 bits per heavy atom. The largest absolute Gasteiger partial charge is 0.368 e. The summed E-state index contributed by atoms with van der Waals surface area (Å²) < 4.78 is 5.33. The molecule has 18 heavy (non-hydrogen) atoms. The first-order valence-corrected chi connectivity index (χ1v) is 7.11. The second-order valence-corrected chi connectivity index (χ2v) is 6.12. The van der Waals surface area contributed by atoms with Gasteiger partial charge in [0, 0.05) is 12.0 Å². The lowest BCUT2D eigenvalue weighted by Crippen LogP contribution is -2.26. The van der Waals surface area contributed by atoms with Gasteiger partial charge in [0.2, 0.25) is 5.13 Å². The van der Waals surface area contributed by atoms with Crippen LogP contribution in [-0.4, -0.2) is 28.8 Å².